The average molecular weight is 446 g/mol. The van der Waals surface area contributed by atoms with Crippen molar-refractivity contribution in [3.63, 3.8) is 0 Å². The maximum absolute atomic E-state index is 12.5. The number of amides is 1. The van der Waals surface area contributed by atoms with Crippen molar-refractivity contribution in [2.24, 2.45) is 0 Å². The Kier molecular flexibility index (Phi) is 6.57. The second-order valence-electron chi connectivity index (χ2n) is 6.33. The van der Waals surface area contributed by atoms with Crippen molar-refractivity contribution in [2.75, 3.05) is 20.3 Å². The van der Waals surface area contributed by atoms with Gasteiger partial charge in [-0.3, -0.25) is 4.79 Å². The van der Waals surface area contributed by atoms with Crippen LogP contribution in [0.2, 0.25) is 0 Å². The molecule has 0 saturated carbocycles. The lowest BCUT2D eigenvalue weighted by Gasteiger charge is -2.13. The van der Waals surface area contributed by atoms with E-state index in [2.05, 4.69) is 36.9 Å². The molecule has 3 aromatic rings. The number of carbonyl (C=O) groups is 1. The third-order valence-corrected chi connectivity index (χ3v) is 5.06. The standard InChI is InChI=1S/C21H24BrN3O3/c1-4-28-20-16(22)12-15(13-19(20)27-3)21(26)23-10-7-11-25-14(2)24-17-8-5-6-9-18(17)25/h5-6,8-9,12-13H,4,7,10-11H2,1-3H3,(H,23,26). The maximum atomic E-state index is 12.5. The summed E-state index contributed by atoms with van der Waals surface area (Å²) in [6.07, 6.45) is 0.808. The lowest BCUT2D eigenvalue weighted by molar-refractivity contribution is 0.0952. The maximum Gasteiger partial charge on any atom is 0.251 e. The third-order valence-electron chi connectivity index (χ3n) is 4.47. The number of methoxy groups -OCH3 is 1. The number of benzene rings is 2. The van der Waals surface area contributed by atoms with E-state index in [4.69, 9.17) is 9.47 Å². The van der Waals surface area contributed by atoms with Crippen molar-refractivity contribution in [1.82, 2.24) is 14.9 Å². The fraction of sp³-hybridized carbons (Fsp3) is 0.333. The van der Waals surface area contributed by atoms with Crippen LogP contribution in [0.1, 0.15) is 29.5 Å². The molecule has 3 rings (SSSR count). The van der Waals surface area contributed by atoms with Crippen LogP contribution >= 0.6 is 15.9 Å². The Labute approximate surface area is 173 Å². The Morgan fingerprint density at radius 2 is 2.07 bits per heavy atom. The molecule has 0 spiro atoms. The highest BCUT2D eigenvalue weighted by Crippen LogP contribution is 2.36. The zero-order valence-electron chi connectivity index (χ0n) is 16.3. The van der Waals surface area contributed by atoms with Crippen LogP contribution in [0.5, 0.6) is 11.5 Å². The zero-order chi connectivity index (χ0) is 20.1. The van der Waals surface area contributed by atoms with Gasteiger partial charge in [-0.15, -0.1) is 0 Å². The molecule has 1 amide bonds. The van der Waals surface area contributed by atoms with Gasteiger partial charge < -0.3 is 19.4 Å². The molecule has 0 radical (unpaired) electrons. The van der Waals surface area contributed by atoms with E-state index in [1.807, 2.05) is 32.0 Å². The number of nitrogens with zero attached hydrogens (tertiary/aromatic N) is 2. The Morgan fingerprint density at radius 1 is 1.29 bits per heavy atom. The van der Waals surface area contributed by atoms with Gasteiger partial charge in [-0.1, -0.05) is 12.1 Å². The fourth-order valence-electron chi connectivity index (χ4n) is 3.15. The van der Waals surface area contributed by atoms with Crippen LogP contribution in [-0.2, 0) is 6.54 Å². The molecule has 0 saturated heterocycles. The number of rotatable bonds is 8. The monoisotopic (exact) mass is 445 g/mol. The molecule has 0 aliphatic rings. The molecule has 0 aliphatic heterocycles. The number of carbonyl (C=O) groups excluding carboxylic acids is 1. The smallest absolute Gasteiger partial charge is 0.251 e. The lowest BCUT2D eigenvalue weighted by Crippen LogP contribution is -2.25. The number of aromatic nitrogens is 2. The zero-order valence-corrected chi connectivity index (χ0v) is 17.9. The summed E-state index contributed by atoms with van der Waals surface area (Å²) in [6.45, 7) is 5.78. The Hall–Kier alpha value is -2.54. The van der Waals surface area contributed by atoms with Gasteiger partial charge in [-0.25, -0.2) is 4.98 Å². The van der Waals surface area contributed by atoms with Crippen LogP contribution in [0.25, 0.3) is 11.0 Å². The van der Waals surface area contributed by atoms with E-state index in [0.717, 1.165) is 29.8 Å². The van der Waals surface area contributed by atoms with E-state index >= 15 is 0 Å². The highest BCUT2D eigenvalue weighted by molar-refractivity contribution is 9.10. The fourth-order valence-corrected chi connectivity index (χ4v) is 3.71. The van der Waals surface area contributed by atoms with Gasteiger partial charge in [0.1, 0.15) is 5.82 Å². The van der Waals surface area contributed by atoms with Gasteiger partial charge in [0, 0.05) is 18.7 Å². The summed E-state index contributed by atoms with van der Waals surface area (Å²) in [4.78, 5) is 17.1. The van der Waals surface area contributed by atoms with E-state index in [1.54, 1.807) is 19.2 Å². The topological polar surface area (TPSA) is 65.4 Å². The number of fused-ring (bicyclic) bond motifs is 1. The van der Waals surface area contributed by atoms with Crippen molar-refractivity contribution < 1.29 is 14.3 Å². The van der Waals surface area contributed by atoms with Gasteiger partial charge in [0.25, 0.3) is 5.91 Å². The summed E-state index contributed by atoms with van der Waals surface area (Å²) in [5, 5.41) is 2.97. The second kappa shape index (κ2) is 9.10. The van der Waals surface area contributed by atoms with Crippen LogP contribution in [-0.4, -0.2) is 35.7 Å². The Morgan fingerprint density at radius 3 is 2.82 bits per heavy atom. The summed E-state index contributed by atoms with van der Waals surface area (Å²) in [5.74, 6) is 1.97. The normalized spacial score (nSPS) is 10.9. The lowest BCUT2D eigenvalue weighted by atomic mass is 10.2. The minimum Gasteiger partial charge on any atom is -0.493 e. The van der Waals surface area contributed by atoms with Gasteiger partial charge in [0.15, 0.2) is 11.5 Å². The van der Waals surface area contributed by atoms with Crippen LogP contribution in [0, 0.1) is 6.92 Å². The van der Waals surface area contributed by atoms with Crippen LogP contribution in [0.15, 0.2) is 40.9 Å². The predicted octanol–water partition coefficient (Wildman–Crippen LogP) is 4.33. The summed E-state index contributed by atoms with van der Waals surface area (Å²) in [6, 6.07) is 11.5. The number of hydrogen-bond acceptors (Lipinski definition) is 4. The molecule has 6 nitrogen and oxygen atoms in total. The number of aryl methyl sites for hydroxylation is 2. The molecule has 0 unspecified atom stereocenters. The summed E-state index contributed by atoms with van der Waals surface area (Å²) in [5.41, 5.74) is 2.64. The first kappa shape index (κ1) is 20.2. The highest BCUT2D eigenvalue weighted by Gasteiger charge is 2.15. The van der Waals surface area contributed by atoms with E-state index in [9.17, 15) is 4.79 Å². The molecule has 2 aromatic carbocycles. The molecule has 0 fully saturated rings. The third kappa shape index (κ3) is 4.30. The minimum atomic E-state index is -0.144. The number of ether oxygens (including phenoxy) is 2. The number of para-hydroxylation sites is 2. The quantitative estimate of drug-likeness (QED) is 0.523. The van der Waals surface area contributed by atoms with Crippen molar-refractivity contribution >= 4 is 32.9 Å². The number of imidazole rings is 1. The molecule has 148 valence electrons. The molecule has 0 aliphatic carbocycles. The number of halogens is 1. The summed E-state index contributed by atoms with van der Waals surface area (Å²) < 4.78 is 13.8. The van der Waals surface area contributed by atoms with Gasteiger partial charge in [-0.2, -0.15) is 0 Å². The van der Waals surface area contributed by atoms with Crippen LogP contribution in [0.4, 0.5) is 0 Å². The molecular formula is C21H24BrN3O3. The van der Waals surface area contributed by atoms with Crippen molar-refractivity contribution in [3.05, 3.63) is 52.3 Å². The molecule has 1 heterocycles. The average Bonchev–Trinajstić information content (AvgIpc) is 3.01. The van der Waals surface area contributed by atoms with E-state index < -0.39 is 0 Å². The number of hydrogen-bond donors (Lipinski definition) is 1. The summed E-state index contributed by atoms with van der Waals surface area (Å²) >= 11 is 3.45. The SMILES string of the molecule is CCOc1c(Br)cc(C(=O)NCCCn2c(C)nc3ccccc32)cc1OC. The first-order valence-corrected chi connectivity index (χ1v) is 10.0. The van der Waals surface area contributed by atoms with Crippen molar-refractivity contribution in [3.8, 4) is 11.5 Å². The van der Waals surface area contributed by atoms with Gasteiger partial charge >= 0.3 is 0 Å². The molecule has 0 bridgehead atoms. The van der Waals surface area contributed by atoms with Crippen LogP contribution < -0.4 is 14.8 Å². The molecular weight excluding hydrogens is 422 g/mol. The first-order valence-electron chi connectivity index (χ1n) is 9.25. The second-order valence-corrected chi connectivity index (χ2v) is 7.19. The van der Waals surface area contributed by atoms with Crippen molar-refractivity contribution in [1.29, 1.82) is 0 Å². The van der Waals surface area contributed by atoms with E-state index in [1.165, 1.54) is 0 Å². The Bertz CT molecular complexity index is 984. The largest absolute Gasteiger partial charge is 0.493 e. The predicted molar refractivity (Wildman–Crippen MR) is 113 cm³/mol. The molecule has 1 N–H and O–H groups in total. The summed E-state index contributed by atoms with van der Waals surface area (Å²) in [7, 11) is 1.56. The molecule has 28 heavy (non-hydrogen) atoms. The van der Waals surface area contributed by atoms with E-state index in [0.29, 0.717) is 34.7 Å². The highest BCUT2D eigenvalue weighted by atomic mass is 79.9. The first-order chi connectivity index (χ1) is 13.5. The van der Waals surface area contributed by atoms with E-state index in [-0.39, 0.29) is 5.91 Å². The van der Waals surface area contributed by atoms with Gasteiger partial charge in [0.05, 0.1) is 29.2 Å². The van der Waals surface area contributed by atoms with Crippen molar-refractivity contribution in [2.45, 2.75) is 26.8 Å². The molecule has 0 atom stereocenters. The number of nitrogens with one attached hydrogen (secondary N) is 1. The van der Waals surface area contributed by atoms with Crippen LogP contribution in [0.3, 0.4) is 0 Å². The Balaban J connectivity index is 1.61. The molecule has 1 aromatic heterocycles. The van der Waals surface area contributed by atoms with Gasteiger partial charge in [0.2, 0.25) is 0 Å². The minimum absolute atomic E-state index is 0.144. The molecule has 7 heteroatoms. The van der Waals surface area contributed by atoms with Gasteiger partial charge in [-0.05, 0) is 60.5 Å².